The van der Waals surface area contributed by atoms with E-state index in [1.807, 2.05) is 30.3 Å². The van der Waals surface area contributed by atoms with E-state index >= 15 is 0 Å². The van der Waals surface area contributed by atoms with Crippen molar-refractivity contribution in [3.05, 3.63) is 74.8 Å². The first kappa shape index (κ1) is 19.4. The first-order valence-electron chi connectivity index (χ1n) is 8.59. The first-order chi connectivity index (χ1) is 13.5. The molecule has 8 nitrogen and oxygen atoms in total. The fourth-order valence-electron chi connectivity index (χ4n) is 2.45. The molecule has 0 spiro atoms. The van der Waals surface area contributed by atoms with Gasteiger partial charge in [0.15, 0.2) is 0 Å². The zero-order valence-corrected chi connectivity index (χ0v) is 15.9. The second kappa shape index (κ2) is 9.05. The van der Waals surface area contributed by atoms with E-state index in [9.17, 15) is 14.9 Å². The molecule has 0 bridgehead atoms. The standard InChI is InChI=1S/C19H18N4O4S/c1-13-9-10-14(12-16(13)23(25)26)18(24)20-19-22-21-17(28-19)8-5-11-27-15-6-3-2-4-7-15/h2-4,6-7,9-10,12H,5,8,11H2,1H3,(H,20,22,24). The lowest BCUT2D eigenvalue weighted by molar-refractivity contribution is -0.385. The van der Waals surface area contributed by atoms with Gasteiger partial charge >= 0.3 is 0 Å². The second-order valence-corrected chi connectivity index (χ2v) is 7.04. The average Bonchev–Trinajstić information content (AvgIpc) is 3.13. The Kier molecular flexibility index (Phi) is 6.28. The maximum Gasteiger partial charge on any atom is 0.273 e. The van der Waals surface area contributed by atoms with Crippen molar-refractivity contribution < 1.29 is 14.5 Å². The third-order valence-corrected chi connectivity index (χ3v) is 4.80. The van der Waals surface area contributed by atoms with E-state index in [1.54, 1.807) is 19.1 Å². The van der Waals surface area contributed by atoms with Crippen molar-refractivity contribution in [1.82, 2.24) is 10.2 Å². The van der Waals surface area contributed by atoms with Gasteiger partial charge in [0.05, 0.1) is 11.5 Å². The molecule has 1 aromatic heterocycles. The zero-order valence-electron chi connectivity index (χ0n) is 15.1. The fraction of sp³-hybridized carbons (Fsp3) is 0.211. The van der Waals surface area contributed by atoms with E-state index in [0.29, 0.717) is 23.7 Å². The molecule has 0 radical (unpaired) electrons. The summed E-state index contributed by atoms with van der Waals surface area (Å²) in [5.74, 6) is 0.359. The molecule has 0 saturated heterocycles. The first-order valence-corrected chi connectivity index (χ1v) is 9.41. The summed E-state index contributed by atoms with van der Waals surface area (Å²) >= 11 is 1.27. The van der Waals surface area contributed by atoms with Crippen LogP contribution in [0, 0.1) is 17.0 Å². The lowest BCUT2D eigenvalue weighted by Crippen LogP contribution is -2.12. The van der Waals surface area contributed by atoms with Crippen molar-refractivity contribution in [3.63, 3.8) is 0 Å². The Hall–Kier alpha value is -3.33. The molecule has 0 aliphatic rings. The minimum absolute atomic E-state index is 0.0935. The van der Waals surface area contributed by atoms with E-state index < -0.39 is 10.8 Å². The van der Waals surface area contributed by atoms with Crippen LogP contribution in [0.25, 0.3) is 0 Å². The summed E-state index contributed by atoms with van der Waals surface area (Å²) in [5, 5.41) is 22.8. The van der Waals surface area contributed by atoms with E-state index in [2.05, 4.69) is 15.5 Å². The number of aryl methyl sites for hydroxylation is 2. The van der Waals surface area contributed by atoms with Crippen molar-refractivity contribution in [2.45, 2.75) is 19.8 Å². The Bertz CT molecular complexity index is 975. The number of nitro benzene ring substituents is 1. The largest absolute Gasteiger partial charge is 0.494 e. The number of nitrogens with zero attached hydrogens (tertiary/aromatic N) is 3. The highest BCUT2D eigenvalue weighted by molar-refractivity contribution is 7.15. The summed E-state index contributed by atoms with van der Waals surface area (Å²) in [7, 11) is 0. The second-order valence-electron chi connectivity index (χ2n) is 5.98. The van der Waals surface area contributed by atoms with Gasteiger partial charge in [0.2, 0.25) is 5.13 Å². The number of carbonyl (C=O) groups is 1. The summed E-state index contributed by atoms with van der Waals surface area (Å²) in [6.07, 6.45) is 1.44. The topological polar surface area (TPSA) is 107 Å². The van der Waals surface area contributed by atoms with Gasteiger partial charge in [0, 0.05) is 23.6 Å². The molecule has 28 heavy (non-hydrogen) atoms. The van der Waals surface area contributed by atoms with Gasteiger partial charge in [-0.3, -0.25) is 20.2 Å². The number of hydrogen-bond donors (Lipinski definition) is 1. The van der Waals surface area contributed by atoms with E-state index in [4.69, 9.17) is 4.74 Å². The van der Waals surface area contributed by atoms with Crippen molar-refractivity contribution in [1.29, 1.82) is 0 Å². The van der Waals surface area contributed by atoms with E-state index in [0.717, 1.165) is 17.2 Å². The Morgan fingerprint density at radius 1 is 1.21 bits per heavy atom. The minimum Gasteiger partial charge on any atom is -0.494 e. The number of para-hydroxylation sites is 1. The number of hydrogen-bond acceptors (Lipinski definition) is 7. The molecule has 0 unspecified atom stereocenters. The Balaban J connectivity index is 1.52. The maximum atomic E-state index is 12.3. The summed E-state index contributed by atoms with van der Waals surface area (Å²) in [4.78, 5) is 22.8. The van der Waals surface area contributed by atoms with Crippen LogP contribution >= 0.6 is 11.3 Å². The van der Waals surface area contributed by atoms with Crippen LogP contribution in [-0.2, 0) is 6.42 Å². The molecule has 3 rings (SSSR count). The number of amides is 1. The molecule has 0 saturated carbocycles. The van der Waals surface area contributed by atoms with Crippen LogP contribution in [0.1, 0.15) is 27.3 Å². The van der Waals surface area contributed by atoms with Crippen molar-refractivity contribution in [3.8, 4) is 5.75 Å². The number of benzene rings is 2. The number of rotatable bonds is 8. The number of anilines is 1. The van der Waals surface area contributed by atoms with Crippen LogP contribution in [0.5, 0.6) is 5.75 Å². The molecule has 0 aliphatic heterocycles. The minimum atomic E-state index is -0.507. The van der Waals surface area contributed by atoms with Crippen LogP contribution in [0.4, 0.5) is 10.8 Å². The van der Waals surface area contributed by atoms with E-state index in [-0.39, 0.29) is 11.3 Å². The van der Waals surface area contributed by atoms with Crippen LogP contribution in [0.3, 0.4) is 0 Å². The Morgan fingerprint density at radius 3 is 2.75 bits per heavy atom. The van der Waals surface area contributed by atoms with Gasteiger partial charge < -0.3 is 4.74 Å². The quantitative estimate of drug-likeness (QED) is 0.349. The van der Waals surface area contributed by atoms with Crippen LogP contribution in [-0.4, -0.2) is 27.6 Å². The molecule has 1 heterocycles. The predicted octanol–water partition coefficient (Wildman–Crippen LogP) is 4.02. The van der Waals surface area contributed by atoms with Crippen LogP contribution < -0.4 is 10.1 Å². The molecule has 0 aliphatic carbocycles. The van der Waals surface area contributed by atoms with Gasteiger partial charge in [-0.2, -0.15) is 0 Å². The number of ether oxygens (including phenoxy) is 1. The van der Waals surface area contributed by atoms with Crippen molar-refractivity contribution >= 4 is 28.1 Å². The summed E-state index contributed by atoms with van der Waals surface area (Å²) in [5.41, 5.74) is 0.604. The molecule has 1 amide bonds. The molecule has 0 fully saturated rings. The van der Waals surface area contributed by atoms with E-state index in [1.165, 1.54) is 17.4 Å². The summed E-state index contributed by atoms with van der Waals surface area (Å²) in [6, 6.07) is 13.9. The van der Waals surface area contributed by atoms with Gasteiger partial charge in [-0.15, -0.1) is 10.2 Å². The summed E-state index contributed by atoms with van der Waals surface area (Å²) < 4.78 is 5.63. The van der Waals surface area contributed by atoms with Gasteiger partial charge in [-0.1, -0.05) is 35.6 Å². The molecule has 0 atom stereocenters. The zero-order chi connectivity index (χ0) is 19.9. The van der Waals surface area contributed by atoms with Gasteiger partial charge in [-0.25, -0.2) is 0 Å². The third-order valence-electron chi connectivity index (χ3n) is 3.90. The molecule has 1 N–H and O–H groups in total. The molecular weight excluding hydrogens is 380 g/mol. The normalized spacial score (nSPS) is 10.5. The smallest absolute Gasteiger partial charge is 0.273 e. The third kappa shape index (κ3) is 5.10. The lowest BCUT2D eigenvalue weighted by atomic mass is 10.1. The Morgan fingerprint density at radius 2 is 2.00 bits per heavy atom. The molecule has 144 valence electrons. The highest BCUT2D eigenvalue weighted by Gasteiger charge is 2.16. The maximum absolute atomic E-state index is 12.3. The van der Waals surface area contributed by atoms with Gasteiger partial charge in [-0.05, 0) is 31.5 Å². The molecule has 3 aromatic rings. The number of aromatic nitrogens is 2. The molecular formula is C19H18N4O4S. The highest BCUT2D eigenvalue weighted by atomic mass is 32.1. The van der Waals surface area contributed by atoms with Crippen LogP contribution in [0.15, 0.2) is 48.5 Å². The lowest BCUT2D eigenvalue weighted by Gasteiger charge is -2.04. The highest BCUT2D eigenvalue weighted by Crippen LogP contribution is 2.22. The summed E-state index contributed by atoms with van der Waals surface area (Å²) in [6.45, 7) is 2.18. The average molecular weight is 398 g/mol. The predicted molar refractivity (Wildman–Crippen MR) is 106 cm³/mol. The monoisotopic (exact) mass is 398 g/mol. The van der Waals surface area contributed by atoms with Crippen molar-refractivity contribution in [2.75, 3.05) is 11.9 Å². The fourth-order valence-corrected chi connectivity index (χ4v) is 3.23. The molecule has 9 heteroatoms. The number of carbonyl (C=O) groups excluding carboxylic acids is 1. The molecule has 2 aromatic carbocycles. The van der Waals surface area contributed by atoms with Crippen molar-refractivity contribution in [2.24, 2.45) is 0 Å². The van der Waals surface area contributed by atoms with Crippen LogP contribution in [0.2, 0.25) is 0 Å². The van der Waals surface area contributed by atoms with Gasteiger partial charge in [0.25, 0.3) is 11.6 Å². The SMILES string of the molecule is Cc1ccc(C(=O)Nc2nnc(CCCOc3ccccc3)s2)cc1[N+](=O)[O-]. The number of nitro groups is 1. The number of nitrogens with one attached hydrogen (secondary N) is 1. The van der Waals surface area contributed by atoms with Gasteiger partial charge in [0.1, 0.15) is 10.8 Å². The Labute approximate surface area is 165 Å².